The van der Waals surface area contributed by atoms with E-state index in [9.17, 15) is 75.7 Å². The second-order valence-electron chi connectivity index (χ2n) is 22.2. The van der Waals surface area contributed by atoms with E-state index >= 15 is 0 Å². The summed E-state index contributed by atoms with van der Waals surface area (Å²) in [5.74, 6) is -6.14. The van der Waals surface area contributed by atoms with Gasteiger partial charge in [-0.05, 0) is 19.3 Å². The molecule has 0 aliphatic carbocycles. The molecule has 23 nitrogen and oxygen atoms in total. The molecule has 3 rings (SSSR count). The number of unbranched alkanes of at least 4 members (excludes halogenated alkanes) is 23. The van der Waals surface area contributed by atoms with Crippen LogP contribution in [0.5, 0.6) is 0 Å². The van der Waals surface area contributed by atoms with E-state index in [0.717, 1.165) is 51.9 Å². The predicted octanol–water partition coefficient (Wildman–Crippen LogP) is 2.39. The first kappa shape index (κ1) is 71.7. The maximum absolute atomic E-state index is 13.3. The fourth-order valence-electron chi connectivity index (χ4n) is 10.6. The summed E-state index contributed by atoms with van der Waals surface area (Å²) in [7, 11) is 0. The summed E-state index contributed by atoms with van der Waals surface area (Å²) in [6.07, 6.45) is 2.90. The van der Waals surface area contributed by atoms with Crippen LogP contribution in [0, 0.1) is 0 Å². The van der Waals surface area contributed by atoms with E-state index in [1.807, 2.05) is 6.08 Å². The predicted molar refractivity (Wildman–Crippen MR) is 292 cm³/mol. The average molecular weight is 1150 g/mol. The molecule has 0 radical (unpaired) electrons. The molecule has 18 unspecified atom stereocenters. The molecule has 0 bridgehead atoms. The highest BCUT2D eigenvalue weighted by Crippen LogP contribution is 2.38. The molecular formula is C57H104N2O21. The zero-order valence-corrected chi connectivity index (χ0v) is 47.9. The Morgan fingerprint density at radius 1 is 0.650 bits per heavy atom. The Hall–Kier alpha value is -2.53. The number of nitrogens with one attached hydrogen (secondary N) is 2. The van der Waals surface area contributed by atoms with Gasteiger partial charge >= 0.3 is 5.97 Å². The van der Waals surface area contributed by atoms with E-state index in [1.54, 1.807) is 6.08 Å². The van der Waals surface area contributed by atoms with Crippen LogP contribution in [0.2, 0.25) is 0 Å². The summed E-state index contributed by atoms with van der Waals surface area (Å²) in [5, 5.41) is 135. The van der Waals surface area contributed by atoms with Crippen molar-refractivity contribution in [1.82, 2.24) is 10.6 Å². The van der Waals surface area contributed by atoms with Gasteiger partial charge in [-0.25, -0.2) is 4.79 Å². The highest BCUT2D eigenvalue weighted by Gasteiger charge is 2.60. The summed E-state index contributed by atoms with van der Waals surface area (Å²) in [4.78, 5) is 38.3. The molecule has 14 N–H and O–H groups in total. The number of ether oxygens (including phenoxy) is 6. The van der Waals surface area contributed by atoms with Gasteiger partial charge in [0.15, 0.2) is 12.6 Å². The van der Waals surface area contributed by atoms with Crippen LogP contribution in [-0.2, 0) is 42.8 Å². The molecule has 80 heavy (non-hydrogen) atoms. The lowest BCUT2D eigenvalue weighted by Gasteiger charge is -2.50. The Balaban J connectivity index is 1.67. The minimum Gasteiger partial charge on any atom is -0.477 e. The molecule has 0 aromatic rings. The smallest absolute Gasteiger partial charge is 0.364 e. The molecular weight excluding hydrogens is 1050 g/mol. The molecule has 3 aliphatic heterocycles. The van der Waals surface area contributed by atoms with Crippen LogP contribution in [-0.4, -0.2) is 215 Å². The lowest BCUT2D eigenvalue weighted by Crippen LogP contribution is -2.70. The van der Waals surface area contributed by atoms with Gasteiger partial charge in [-0.1, -0.05) is 167 Å². The van der Waals surface area contributed by atoms with E-state index in [-0.39, 0.29) is 12.3 Å². The van der Waals surface area contributed by atoms with Crippen LogP contribution in [0.25, 0.3) is 0 Å². The van der Waals surface area contributed by atoms with Gasteiger partial charge in [0.05, 0.1) is 50.7 Å². The number of carboxylic acids is 1. The van der Waals surface area contributed by atoms with Crippen molar-refractivity contribution in [3.63, 3.8) is 0 Å². The van der Waals surface area contributed by atoms with Crippen LogP contribution < -0.4 is 10.6 Å². The lowest BCUT2D eigenvalue weighted by atomic mass is 9.88. The van der Waals surface area contributed by atoms with E-state index in [1.165, 1.54) is 103 Å². The maximum Gasteiger partial charge on any atom is 0.364 e. The normalized spacial score (nSPS) is 30.7. The third-order valence-corrected chi connectivity index (χ3v) is 15.5. The van der Waals surface area contributed by atoms with Crippen LogP contribution in [0.1, 0.15) is 194 Å². The highest BCUT2D eigenvalue weighted by atomic mass is 16.8. The number of hydrogen-bond acceptors (Lipinski definition) is 20. The van der Waals surface area contributed by atoms with Crippen LogP contribution in [0.3, 0.4) is 0 Å². The Labute approximate surface area is 473 Å². The van der Waals surface area contributed by atoms with Crippen LogP contribution in [0.4, 0.5) is 0 Å². The van der Waals surface area contributed by atoms with Crippen LogP contribution >= 0.6 is 0 Å². The number of carbonyl (C=O) groups is 3. The minimum absolute atomic E-state index is 0.204. The molecule has 23 heteroatoms. The molecule has 3 fully saturated rings. The number of allylic oxidation sites excluding steroid dienone is 1. The summed E-state index contributed by atoms with van der Waals surface area (Å²) in [6, 6.07) is -2.61. The summed E-state index contributed by atoms with van der Waals surface area (Å²) < 4.78 is 34.6. The molecule has 0 spiro atoms. The van der Waals surface area contributed by atoms with Gasteiger partial charge in [0.25, 0.3) is 5.79 Å². The molecule has 18 atom stereocenters. The number of carboxylic acid groups (broad SMARTS) is 1. The monoisotopic (exact) mass is 1150 g/mol. The summed E-state index contributed by atoms with van der Waals surface area (Å²) in [6.45, 7) is 2.08. The van der Waals surface area contributed by atoms with Gasteiger partial charge in [0.2, 0.25) is 11.8 Å². The summed E-state index contributed by atoms with van der Waals surface area (Å²) in [5.41, 5.74) is 0. The summed E-state index contributed by atoms with van der Waals surface area (Å²) >= 11 is 0. The molecule has 2 amide bonds. The standard InChI is InChI=1S/C57H104N2O21/c1-4-6-8-10-12-14-16-17-18-19-21-23-25-27-29-31-44(67)59-38(39(64)30-28-26-24-22-20-15-13-11-9-7-5-2)36-75-54-49(71)48(70)51(43(35-62)77-54)78-55-50(72)53(47(69)42(34-61)76-55)80-57(56(73)74)32-40(65)45(58-37(3)63)52(79-57)46(68)41(66)33-60/h28,30,38-43,45-55,60-62,64-66,68-72H,4-27,29,31-36H2,1-3H3,(H,58,63)(H,59,67)(H,73,74)/b30-28+. The van der Waals surface area contributed by atoms with Gasteiger partial charge in [0.1, 0.15) is 67.1 Å². The van der Waals surface area contributed by atoms with Crippen molar-refractivity contribution >= 4 is 17.8 Å². The van der Waals surface area contributed by atoms with Crippen molar-refractivity contribution in [3.8, 4) is 0 Å². The van der Waals surface area contributed by atoms with Crippen molar-refractivity contribution in [2.75, 3.05) is 26.4 Å². The third kappa shape index (κ3) is 24.2. The SMILES string of the molecule is CCCCCCCCCCC/C=C/C(O)C(COC1OC(CO)C(OC2OC(CO)C(O)C(OC3(C(=O)O)CC(O)C(NC(C)=O)C(C(O)C(O)CO)O3)C2O)C(O)C1O)NC(=O)CCCCCCCCCCCCCCCCC. The Bertz CT molecular complexity index is 1700. The van der Waals surface area contributed by atoms with Crippen molar-refractivity contribution in [3.05, 3.63) is 12.2 Å². The highest BCUT2D eigenvalue weighted by molar-refractivity contribution is 5.77. The number of aliphatic carboxylic acids is 1. The lowest BCUT2D eigenvalue weighted by molar-refractivity contribution is -0.386. The Morgan fingerprint density at radius 3 is 1.66 bits per heavy atom. The zero-order chi connectivity index (χ0) is 59.0. The van der Waals surface area contributed by atoms with Crippen molar-refractivity contribution in [2.24, 2.45) is 0 Å². The second-order valence-corrected chi connectivity index (χ2v) is 22.2. The number of amides is 2. The second kappa shape index (κ2) is 39.9. The molecule has 3 aliphatic rings. The van der Waals surface area contributed by atoms with E-state index in [0.29, 0.717) is 12.8 Å². The van der Waals surface area contributed by atoms with E-state index in [4.69, 9.17) is 28.4 Å². The van der Waals surface area contributed by atoms with Crippen molar-refractivity contribution in [1.29, 1.82) is 0 Å². The molecule has 0 aromatic heterocycles. The zero-order valence-electron chi connectivity index (χ0n) is 47.9. The van der Waals surface area contributed by atoms with Crippen molar-refractivity contribution < 1.29 is 104 Å². The first-order chi connectivity index (χ1) is 38.4. The quantitative estimate of drug-likeness (QED) is 0.0308. The molecule has 0 saturated carbocycles. The molecule has 0 aromatic carbocycles. The third-order valence-electron chi connectivity index (χ3n) is 15.5. The van der Waals surface area contributed by atoms with Gasteiger partial charge < -0.3 is 100 Å². The number of aliphatic hydroxyl groups excluding tert-OH is 11. The fourth-order valence-corrected chi connectivity index (χ4v) is 10.6. The number of hydrogen-bond donors (Lipinski definition) is 14. The molecule has 468 valence electrons. The minimum atomic E-state index is -3.08. The van der Waals surface area contributed by atoms with Gasteiger partial charge in [0, 0.05) is 19.8 Å². The van der Waals surface area contributed by atoms with E-state index < -0.39 is 155 Å². The van der Waals surface area contributed by atoms with Crippen molar-refractivity contribution in [2.45, 2.75) is 304 Å². The fraction of sp³-hybridized carbons (Fsp3) is 0.912. The average Bonchev–Trinajstić information content (AvgIpc) is 3.63. The molecule has 3 saturated heterocycles. The van der Waals surface area contributed by atoms with Crippen LogP contribution in [0.15, 0.2) is 12.2 Å². The van der Waals surface area contributed by atoms with Gasteiger partial charge in [-0.2, -0.15) is 0 Å². The van der Waals surface area contributed by atoms with Gasteiger partial charge in [-0.3, -0.25) is 9.59 Å². The first-order valence-electron chi connectivity index (χ1n) is 30.1. The number of rotatable bonds is 43. The van der Waals surface area contributed by atoms with Gasteiger partial charge in [-0.15, -0.1) is 0 Å². The van der Waals surface area contributed by atoms with E-state index in [2.05, 4.69) is 24.5 Å². The Kier molecular flexibility index (Phi) is 35.8. The maximum atomic E-state index is 13.3. The number of aliphatic hydroxyl groups is 11. The largest absolute Gasteiger partial charge is 0.477 e. The topological polar surface area (TPSA) is 373 Å². The Morgan fingerprint density at radius 2 is 1.16 bits per heavy atom. The number of carbonyl (C=O) groups excluding carboxylic acids is 2. The molecule has 3 heterocycles. The first-order valence-corrected chi connectivity index (χ1v) is 30.1.